The molecule has 10 nitrogen and oxygen atoms in total. The normalized spacial score (nSPS) is 12.0. The van der Waals surface area contributed by atoms with Crippen molar-refractivity contribution in [3.63, 3.8) is 0 Å². The molecule has 1 aromatic carbocycles. The Balaban J connectivity index is 1.51. The van der Waals surface area contributed by atoms with Crippen LogP contribution in [-0.4, -0.2) is 46.4 Å². The van der Waals surface area contributed by atoms with Crippen molar-refractivity contribution in [1.82, 2.24) is 39.3 Å². The summed E-state index contributed by atoms with van der Waals surface area (Å²) in [7, 11) is 1.50. The molecule has 0 amide bonds. The molecule has 0 aliphatic rings. The standard InChI is InChI=1S/C25H23F3N8O2/c1-13(2)20-19(23(38-4)31-12-30-20)21-29-10-17-22(33-21)35(24(37)32-17)11-15-5-7-16(8-6-15)36-14(3)9-18(34-36)25(26,27)28/h5-10,12-13H,11H2,1-4H3,(H,32,37). The number of hydrogen-bond acceptors (Lipinski definition) is 7. The van der Waals surface area contributed by atoms with Crippen LogP contribution in [0.25, 0.3) is 28.2 Å². The number of aryl methyl sites for hydroxylation is 1. The Kier molecular flexibility index (Phi) is 6.21. The molecule has 0 aliphatic heterocycles. The average Bonchev–Trinajstić information content (AvgIpc) is 3.43. The fourth-order valence-electron chi connectivity index (χ4n) is 4.20. The molecule has 0 spiro atoms. The number of imidazole rings is 1. The van der Waals surface area contributed by atoms with Crippen LogP contribution in [0.5, 0.6) is 5.88 Å². The zero-order valence-corrected chi connectivity index (χ0v) is 20.9. The van der Waals surface area contributed by atoms with Crippen LogP contribution in [0.4, 0.5) is 13.2 Å². The van der Waals surface area contributed by atoms with Crippen molar-refractivity contribution < 1.29 is 17.9 Å². The number of aromatic nitrogens is 8. The van der Waals surface area contributed by atoms with E-state index in [0.29, 0.717) is 45.5 Å². The van der Waals surface area contributed by atoms with Gasteiger partial charge in [0.1, 0.15) is 17.4 Å². The third-order valence-electron chi connectivity index (χ3n) is 6.02. The van der Waals surface area contributed by atoms with E-state index in [0.717, 1.165) is 11.6 Å². The zero-order valence-electron chi connectivity index (χ0n) is 20.9. The van der Waals surface area contributed by atoms with Crippen LogP contribution in [0.1, 0.15) is 42.4 Å². The van der Waals surface area contributed by atoms with Crippen molar-refractivity contribution in [2.75, 3.05) is 7.11 Å². The Morgan fingerprint density at radius 2 is 1.84 bits per heavy atom. The molecule has 4 heterocycles. The number of benzene rings is 1. The summed E-state index contributed by atoms with van der Waals surface area (Å²) in [5, 5.41) is 3.68. The topological polar surface area (TPSA) is 116 Å². The lowest BCUT2D eigenvalue weighted by molar-refractivity contribution is -0.141. The first-order valence-electron chi connectivity index (χ1n) is 11.6. The molecule has 0 saturated heterocycles. The number of ether oxygens (including phenoxy) is 1. The zero-order chi connectivity index (χ0) is 27.2. The van der Waals surface area contributed by atoms with Crippen molar-refractivity contribution in [3.05, 3.63) is 76.0 Å². The van der Waals surface area contributed by atoms with Crippen molar-refractivity contribution in [3.8, 4) is 23.0 Å². The van der Waals surface area contributed by atoms with E-state index in [2.05, 4.69) is 30.0 Å². The lowest BCUT2D eigenvalue weighted by Gasteiger charge is -2.13. The average molecular weight is 525 g/mol. The second-order valence-corrected chi connectivity index (χ2v) is 8.99. The maximum absolute atomic E-state index is 13.0. The minimum absolute atomic E-state index is 0.0405. The number of hydrogen-bond donors (Lipinski definition) is 1. The number of nitrogens with zero attached hydrogens (tertiary/aromatic N) is 7. The second kappa shape index (κ2) is 9.39. The van der Waals surface area contributed by atoms with E-state index < -0.39 is 11.9 Å². The van der Waals surface area contributed by atoms with Crippen molar-refractivity contribution >= 4 is 11.2 Å². The first kappa shape index (κ1) is 25.1. The summed E-state index contributed by atoms with van der Waals surface area (Å²) in [5.41, 5.74) is 2.30. The first-order chi connectivity index (χ1) is 18.1. The molecule has 4 aromatic heterocycles. The Morgan fingerprint density at radius 1 is 1.11 bits per heavy atom. The Hall–Kier alpha value is -4.55. The Labute approximate surface area is 214 Å². The summed E-state index contributed by atoms with van der Waals surface area (Å²) in [6.07, 6.45) is -1.59. The highest BCUT2D eigenvalue weighted by molar-refractivity contribution is 5.75. The van der Waals surface area contributed by atoms with Crippen LogP contribution in [0.3, 0.4) is 0 Å². The summed E-state index contributed by atoms with van der Waals surface area (Å²) < 4.78 is 47.3. The van der Waals surface area contributed by atoms with E-state index >= 15 is 0 Å². The molecule has 13 heteroatoms. The van der Waals surface area contributed by atoms with E-state index in [4.69, 9.17) is 4.74 Å². The van der Waals surface area contributed by atoms with Gasteiger partial charge in [0.15, 0.2) is 17.2 Å². The van der Waals surface area contributed by atoms with E-state index in [9.17, 15) is 18.0 Å². The monoisotopic (exact) mass is 524 g/mol. The highest BCUT2D eigenvalue weighted by Gasteiger charge is 2.34. The van der Waals surface area contributed by atoms with Crippen molar-refractivity contribution in [1.29, 1.82) is 0 Å². The number of H-pyrrole nitrogens is 1. The maximum atomic E-state index is 13.0. The smallest absolute Gasteiger partial charge is 0.435 e. The molecule has 0 fully saturated rings. The summed E-state index contributed by atoms with van der Waals surface area (Å²) in [4.78, 5) is 33.2. The van der Waals surface area contributed by atoms with E-state index in [1.807, 2.05) is 13.8 Å². The summed E-state index contributed by atoms with van der Waals surface area (Å²) in [5.74, 6) is 0.681. The molecule has 0 radical (unpaired) electrons. The summed E-state index contributed by atoms with van der Waals surface area (Å²) in [6, 6.07) is 7.74. The van der Waals surface area contributed by atoms with Gasteiger partial charge < -0.3 is 9.72 Å². The second-order valence-electron chi connectivity index (χ2n) is 8.99. The molecule has 5 aromatic rings. The lowest BCUT2D eigenvalue weighted by Crippen LogP contribution is -2.18. The molecular weight excluding hydrogens is 501 g/mol. The van der Waals surface area contributed by atoms with Gasteiger partial charge in [-0.2, -0.15) is 18.3 Å². The minimum atomic E-state index is -4.53. The summed E-state index contributed by atoms with van der Waals surface area (Å²) in [6.45, 7) is 5.68. The molecular formula is C25H23F3N8O2. The number of fused-ring (bicyclic) bond motifs is 1. The van der Waals surface area contributed by atoms with Crippen molar-refractivity contribution in [2.45, 2.75) is 39.4 Å². The highest BCUT2D eigenvalue weighted by atomic mass is 19.4. The largest absolute Gasteiger partial charge is 0.480 e. The lowest BCUT2D eigenvalue weighted by atomic mass is 10.0. The predicted molar refractivity (Wildman–Crippen MR) is 132 cm³/mol. The third-order valence-corrected chi connectivity index (χ3v) is 6.02. The van der Waals surface area contributed by atoms with Crippen molar-refractivity contribution in [2.24, 2.45) is 0 Å². The van der Waals surface area contributed by atoms with Gasteiger partial charge >= 0.3 is 11.9 Å². The Morgan fingerprint density at radius 3 is 2.47 bits per heavy atom. The van der Waals surface area contributed by atoms with Gasteiger partial charge in [0.2, 0.25) is 5.88 Å². The van der Waals surface area contributed by atoms with Crippen LogP contribution in [0.15, 0.2) is 47.7 Å². The van der Waals surface area contributed by atoms with Crippen LogP contribution < -0.4 is 10.4 Å². The highest BCUT2D eigenvalue weighted by Crippen LogP contribution is 2.32. The molecule has 0 bridgehead atoms. The maximum Gasteiger partial charge on any atom is 0.435 e. The molecule has 38 heavy (non-hydrogen) atoms. The van der Waals surface area contributed by atoms with Crippen LogP contribution >= 0.6 is 0 Å². The van der Waals surface area contributed by atoms with Gasteiger partial charge in [0.25, 0.3) is 0 Å². The number of alkyl halides is 3. The number of halogens is 3. The van der Waals surface area contributed by atoms with Gasteiger partial charge in [0.05, 0.1) is 31.2 Å². The third kappa shape index (κ3) is 4.51. The van der Waals surface area contributed by atoms with E-state index in [1.54, 1.807) is 31.2 Å². The number of rotatable bonds is 6. The number of nitrogens with one attached hydrogen (secondary N) is 1. The number of methoxy groups -OCH3 is 1. The van der Waals surface area contributed by atoms with Crippen LogP contribution in [0.2, 0.25) is 0 Å². The van der Waals surface area contributed by atoms with Gasteiger partial charge in [-0.3, -0.25) is 4.57 Å². The van der Waals surface area contributed by atoms with Gasteiger partial charge in [0, 0.05) is 5.69 Å². The van der Waals surface area contributed by atoms with Crippen LogP contribution in [-0.2, 0) is 12.7 Å². The molecule has 0 saturated carbocycles. The van der Waals surface area contributed by atoms with E-state index in [1.165, 1.54) is 28.9 Å². The first-order valence-corrected chi connectivity index (χ1v) is 11.6. The molecule has 196 valence electrons. The fourth-order valence-corrected chi connectivity index (χ4v) is 4.20. The molecule has 0 unspecified atom stereocenters. The number of aromatic amines is 1. The van der Waals surface area contributed by atoms with Gasteiger partial charge in [-0.05, 0) is 36.6 Å². The molecule has 1 N–H and O–H groups in total. The molecule has 0 aliphatic carbocycles. The van der Waals surface area contributed by atoms with Gasteiger partial charge in [-0.1, -0.05) is 26.0 Å². The minimum Gasteiger partial charge on any atom is -0.480 e. The van der Waals surface area contributed by atoms with Crippen LogP contribution in [0, 0.1) is 6.92 Å². The van der Waals surface area contributed by atoms with Gasteiger partial charge in [-0.25, -0.2) is 29.4 Å². The van der Waals surface area contributed by atoms with Gasteiger partial charge in [-0.15, -0.1) is 0 Å². The fraction of sp³-hybridized carbons (Fsp3) is 0.280. The molecule has 5 rings (SSSR count). The predicted octanol–water partition coefficient (Wildman–Crippen LogP) is 4.27. The summed E-state index contributed by atoms with van der Waals surface area (Å²) >= 11 is 0. The quantitative estimate of drug-likeness (QED) is 0.353. The SMILES string of the molecule is COc1ncnc(C(C)C)c1-c1ncc2[nH]c(=O)n(Cc3ccc(-n4nc(C(F)(F)F)cc4C)cc3)c2n1. The molecule has 0 atom stereocenters. The van der Waals surface area contributed by atoms with E-state index in [-0.39, 0.29) is 18.2 Å². The Bertz CT molecular complexity index is 1680.